The van der Waals surface area contributed by atoms with Gasteiger partial charge < -0.3 is 15.6 Å². The lowest BCUT2D eigenvalue weighted by atomic mass is 9.92. The zero-order chi connectivity index (χ0) is 15.4. The number of fused-ring (bicyclic) bond motifs is 1. The second kappa shape index (κ2) is 6.43. The van der Waals surface area contributed by atoms with E-state index in [0.717, 1.165) is 36.1 Å². The molecule has 6 nitrogen and oxygen atoms in total. The Morgan fingerprint density at radius 2 is 2.27 bits per heavy atom. The zero-order valence-corrected chi connectivity index (χ0v) is 12.1. The summed E-state index contributed by atoms with van der Waals surface area (Å²) < 4.78 is 0. The molecule has 0 fully saturated rings. The van der Waals surface area contributed by atoms with Crippen LogP contribution >= 0.6 is 0 Å². The highest BCUT2D eigenvalue weighted by Crippen LogP contribution is 2.18. The summed E-state index contributed by atoms with van der Waals surface area (Å²) in [5, 5.41) is 5.81. The predicted octanol–water partition coefficient (Wildman–Crippen LogP) is 1.13. The molecule has 6 heteroatoms. The van der Waals surface area contributed by atoms with Gasteiger partial charge in [-0.05, 0) is 36.5 Å². The number of urea groups is 1. The van der Waals surface area contributed by atoms with Gasteiger partial charge in [0.1, 0.15) is 0 Å². The molecule has 114 valence electrons. The van der Waals surface area contributed by atoms with Gasteiger partial charge in [-0.2, -0.15) is 0 Å². The third kappa shape index (κ3) is 3.52. The molecular weight excluding hydrogens is 280 g/mol. The van der Waals surface area contributed by atoms with Gasteiger partial charge in [-0.25, -0.2) is 4.79 Å². The van der Waals surface area contributed by atoms with Crippen molar-refractivity contribution < 1.29 is 4.79 Å². The highest BCUT2D eigenvalue weighted by Gasteiger charge is 2.20. The maximum Gasteiger partial charge on any atom is 0.315 e. The van der Waals surface area contributed by atoms with Gasteiger partial charge in [0, 0.05) is 36.7 Å². The number of hydrogen-bond donors (Lipinski definition) is 3. The first-order valence-corrected chi connectivity index (χ1v) is 7.35. The molecule has 1 aliphatic carbocycles. The molecule has 0 spiro atoms. The molecule has 0 aromatic carbocycles. The number of nitrogens with zero attached hydrogens (tertiary/aromatic N) is 1. The smallest absolute Gasteiger partial charge is 0.315 e. The van der Waals surface area contributed by atoms with Gasteiger partial charge in [-0.1, -0.05) is 12.1 Å². The molecule has 3 rings (SSSR count). The molecule has 1 atom stereocenters. The molecule has 0 radical (unpaired) electrons. The number of H-pyrrole nitrogens is 1. The molecular formula is C16H18N4O2. The van der Waals surface area contributed by atoms with E-state index in [9.17, 15) is 9.59 Å². The summed E-state index contributed by atoms with van der Waals surface area (Å²) in [6.45, 7) is 0.455. The van der Waals surface area contributed by atoms with Crippen LogP contribution in [0.4, 0.5) is 4.79 Å². The van der Waals surface area contributed by atoms with E-state index < -0.39 is 0 Å². The fraction of sp³-hybridized carbons (Fsp3) is 0.312. The summed E-state index contributed by atoms with van der Waals surface area (Å²) >= 11 is 0. The third-order valence-corrected chi connectivity index (χ3v) is 3.82. The molecule has 0 bridgehead atoms. The van der Waals surface area contributed by atoms with E-state index in [-0.39, 0.29) is 17.6 Å². The number of pyridine rings is 2. The minimum atomic E-state index is -0.179. The fourth-order valence-electron chi connectivity index (χ4n) is 2.69. The van der Waals surface area contributed by atoms with E-state index in [0.29, 0.717) is 6.54 Å². The second-order valence-corrected chi connectivity index (χ2v) is 5.45. The maximum atomic E-state index is 12.0. The minimum absolute atomic E-state index is 0.0700. The van der Waals surface area contributed by atoms with Crippen molar-refractivity contribution in [1.29, 1.82) is 0 Å². The lowest BCUT2D eigenvalue weighted by molar-refractivity contribution is 0.235. The van der Waals surface area contributed by atoms with E-state index >= 15 is 0 Å². The number of aromatic amines is 1. The topological polar surface area (TPSA) is 86.9 Å². The maximum absolute atomic E-state index is 12.0. The average Bonchev–Trinajstić information content (AvgIpc) is 2.54. The van der Waals surface area contributed by atoms with Crippen molar-refractivity contribution in [2.75, 3.05) is 0 Å². The molecule has 0 saturated carbocycles. The van der Waals surface area contributed by atoms with Crippen LogP contribution in [-0.4, -0.2) is 22.0 Å². The van der Waals surface area contributed by atoms with Gasteiger partial charge in [-0.15, -0.1) is 0 Å². The van der Waals surface area contributed by atoms with Gasteiger partial charge in [-0.3, -0.25) is 9.78 Å². The van der Waals surface area contributed by atoms with Crippen LogP contribution in [0.3, 0.4) is 0 Å². The Morgan fingerprint density at radius 3 is 3.09 bits per heavy atom. The van der Waals surface area contributed by atoms with Crippen LogP contribution in [0.2, 0.25) is 0 Å². The number of aromatic nitrogens is 2. The van der Waals surface area contributed by atoms with Crippen LogP contribution in [-0.2, 0) is 19.4 Å². The number of amides is 2. The van der Waals surface area contributed by atoms with Crippen LogP contribution in [0.15, 0.2) is 41.5 Å². The molecule has 1 aliphatic rings. The number of aryl methyl sites for hydroxylation is 1. The average molecular weight is 298 g/mol. The predicted molar refractivity (Wildman–Crippen MR) is 82.5 cm³/mol. The highest BCUT2D eigenvalue weighted by molar-refractivity contribution is 5.74. The van der Waals surface area contributed by atoms with Crippen molar-refractivity contribution in [3.63, 3.8) is 0 Å². The van der Waals surface area contributed by atoms with E-state index in [1.165, 1.54) is 6.07 Å². The summed E-state index contributed by atoms with van der Waals surface area (Å²) in [7, 11) is 0. The standard InChI is InChI=1S/C16H18N4O2/c21-15-6-3-12-8-13(4-5-14(12)20-15)19-16(22)18-10-11-2-1-7-17-9-11/h1-3,6-7,9,13H,4-5,8,10H2,(H,20,21)(H2,18,19,22)/t13-/m0/s1. The SMILES string of the molecule is O=C(NCc1cccnc1)N[C@H]1CCc2[nH]c(=O)ccc2C1. The Bertz CT molecular complexity index is 712. The van der Waals surface area contributed by atoms with Crippen LogP contribution in [0.1, 0.15) is 23.2 Å². The first-order valence-electron chi connectivity index (χ1n) is 7.35. The fourth-order valence-corrected chi connectivity index (χ4v) is 2.69. The molecule has 3 N–H and O–H groups in total. The van der Waals surface area contributed by atoms with E-state index in [2.05, 4.69) is 20.6 Å². The Kier molecular flexibility index (Phi) is 4.18. The van der Waals surface area contributed by atoms with Crippen LogP contribution in [0.5, 0.6) is 0 Å². The van der Waals surface area contributed by atoms with E-state index in [4.69, 9.17) is 0 Å². The lowest BCUT2D eigenvalue weighted by Gasteiger charge is -2.25. The quantitative estimate of drug-likeness (QED) is 0.794. The molecule has 2 amide bonds. The molecule has 2 aromatic heterocycles. The van der Waals surface area contributed by atoms with Crippen LogP contribution in [0, 0.1) is 0 Å². The highest BCUT2D eigenvalue weighted by atomic mass is 16.2. The van der Waals surface area contributed by atoms with Gasteiger partial charge in [0.2, 0.25) is 5.56 Å². The largest absolute Gasteiger partial charge is 0.335 e. The Hall–Kier alpha value is -2.63. The van der Waals surface area contributed by atoms with E-state index in [1.807, 2.05) is 18.2 Å². The normalized spacial score (nSPS) is 16.6. The molecule has 2 heterocycles. The van der Waals surface area contributed by atoms with Crippen molar-refractivity contribution in [2.24, 2.45) is 0 Å². The van der Waals surface area contributed by atoms with Crippen molar-refractivity contribution in [3.8, 4) is 0 Å². The number of rotatable bonds is 3. The van der Waals surface area contributed by atoms with Crippen LogP contribution < -0.4 is 16.2 Å². The second-order valence-electron chi connectivity index (χ2n) is 5.45. The third-order valence-electron chi connectivity index (χ3n) is 3.82. The summed E-state index contributed by atoms with van der Waals surface area (Å²) in [5.41, 5.74) is 2.98. The Labute approximate surface area is 128 Å². The molecule has 0 unspecified atom stereocenters. The summed E-state index contributed by atoms with van der Waals surface area (Å²) in [6, 6.07) is 7.04. The van der Waals surface area contributed by atoms with Crippen LogP contribution in [0.25, 0.3) is 0 Å². The first kappa shape index (κ1) is 14.3. The number of nitrogens with one attached hydrogen (secondary N) is 3. The van der Waals surface area contributed by atoms with Gasteiger partial charge in [0.25, 0.3) is 0 Å². The van der Waals surface area contributed by atoms with Gasteiger partial charge in [0.05, 0.1) is 0 Å². The molecule has 0 aliphatic heterocycles. The zero-order valence-electron chi connectivity index (χ0n) is 12.1. The van der Waals surface area contributed by atoms with Crippen molar-refractivity contribution >= 4 is 6.03 Å². The van der Waals surface area contributed by atoms with Crippen molar-refractivity contribution in [1.82, 2.24) is 20.6 Å². The first-order chi connectivity index (χ1) is 10.7. The molecule has 22 heavy (non-hydrogen) atoms. The summed E-state index contributed by atoms with van der Waals surface area (Å²) in [6.07, 6.45) is 5.78. The number of carbonyl (C=O) groups excluding carboxylic acids is 1. The number of hydrogen-bond acceptors (Lipinski definition) is 3. The van der Waals surface area contributed by atoms with E-state index in [1.54, 1.807) is 12.4 Å². The minimum Gasteiger partial charge on any atom is -0.335 e. The molecule has 2 aromatic rings. The van der Waals surface area contributed by atoms with Crippen molar-refractivity contribution in [2.45, 2.75) is 31.8 Å². The van der Waals surface area contributed by atoms with Crippen molar-refractivity contribution in [3.05, 3.63) is 63.8 Å². The van der Waals surface area contributed by atoms with Gasteiger partial charge >= 0.3 is 6.03 Å². The monoisotopic (exact) mass is 298 g/mol. The number of carbonyl (C=O) groups is 1. The summed E-state index contributed by atoms with van der Waals surface area (Å²) in [4.78, 5) is 30.1. The Morgan fingerprint density at radius 1 is 1.36 bits per heavy atom. The lowest BCUT2D eigenvalue weighted by Crippen LogP contribution is -2.44. The summed E-state index contributed by atoms with van der Waals surface area (Å²) in [5.74, 6) is 0. The van der Waals surface area contributed by atoms with Gasteiger partial charge in [0.15, 0.2) is 0 Å². The Balaban J connectivity index is 1.52. The molecule has 0 saturated heterocycles.